The fraction of sp³-hybridized carbons (Fsp3) is 0.182. The topological polar surface area (TPSA) is 135 Å². The lowest BCUT2D eigenvalue weighted by molar-refractivity contribution is -0.394. The maximum Gasteiger partial charge on any atom is 0.277 e. The molecule has 4 rings (SSSR count). The lowest BCUT2D eigenvalue weighted by atomic mass is 10.1. The molecular formula is C22H20N6O5. The number of nitrogens with zero attached hydrogens (tertiary/aromatic N) is 5. The summed E-state index contributed by atoms with van der Waals surface area (Å²) in [5, 5.41) is 24.6. The van der Waals surface area contributed by atoms with Crippen LogP contribution in [0.2, 0.25) is 0 Å². The van der Waals surface area contributed by atoms with Crippen LogP contribution >= 0.6 is 0 Å². The first kappa shape index (κ1) is 21.7. The Morgan fingerprint density at radius 1 is 0.848 bits per heavy atom. The molecule has 3 aromatic rings. The van der Waals surface area contributed by atoms with Gasteiger partial charge in [-0.2, -0.15) is 0 Å². The van der Waals surface area contributed by atoms with E-state index >= 15 is 0 Å². The zero-order chi connectivity index (χ0) is 23.4. The van der Waals surface area contributed by atoms with E-state index in [0.717, 1.165) is 50.2 Å². The molecule has 1 fully saturated rings. The highest BCUT2D eigenvalue weighted by molar-refractivity contribution is 6.05. The molecule has 1 amide bonds. The fourth-order valence-electron chi connectivity index (χ4n) is 3.62. The first-order valence-corrected chi connectivity index (χ1v) is 10.2. The van der Waals surface area contributed by atoms with Crippen LogP contribution in [0.25, 0.3) is 0 Å². The number of aromatic nitrogens is 1. The molecular weight excluding hydrogens is 428 g/mol. The van der Waals surface area contributed by atoms with E-state index in [0.29, 0.717) is 5.69 Å². The number of anilines is 3. The van der Waals surface area contributed by atoms with Gasteiger partial charge >= 0.3 is 0 Å². The number of benzene rings is 2. The number of hydrogen-bond acceptors (Lipinski definition) is 8. The van der Waals surface area contributed by atoms with E-state index in [1.54, 1.807) is 12.1 Å². The summed E-state index contributed by atoms with van der Waals surface area (Å²) in [4.78, 5) is 41.9. The summed E-state index contributed by atoms with van der Waals surface area (Å²) in [6.07, 6.45) is 1.49. The summed E-state index contributed by atoms with van der Waals surface area (Å²) in [6.45, 7) is 3.31. The molecule has 1 aromatic heterocycles. The van der Waals surface area contributed by atoms with Gasteiger partial charge in [0.15, 0.2) is 0 Å². The van der Waals surface area contributed by atoms with Crippen molar-refractivity contribution in [3.8, 4) is 0 Å². The Balaban J connectivity index is 1.41. The third kappa shape index (κ3) is 5.03. The van der Waals surface area contributed by atoms with Crippen LogP contribution in [0.5, 0.6) is 0 Å². The highest BCUT2D eigenvalue weighted by atomic mass is 16.6. The van der Waals surface area contributed by atoms with Crippen molar-refractivity contribution in [2.24, 2.45) is 0 Å². The molecule has 1 aliphatic heterocycles. The fourth-order valence-corrected chi connectivity index (χ4v) is 3.62. The number of non-ortho nitro benzene ring substituents is 2. The summed E-state index contributed by atoms with van der Waals surface area (Å²) in [6, 6.07) is 16.5. The molecule has 11 heteroatoms. The molecule has 1 N–H and O–H groups in total. The summed E-state index contributed by atoms with van der Waals surface area (Å²) in [7, 11) is 0. The maximum absolute atomic E-state index is 12.5. The van der Waals surface area contributed by atoms with Crippen molar-refractivity contribution in [3.05, 3.63) is 92.7 Å². The zero-order valence-electron chi connectivity index (χ0n) is 17.5. The van der Waals surface area contributed by atoms with Gasteiger partial charge in [0.1, 0.15) is 5.82 Å². The van der Waals surface area contributed by atoms with Crippen molar-refractivity contribution in [2.45, 2.75) is 0 Å². The third-order valence-corrected chi connectivity index (χ3v) is 5.32. The number of nitro groups is 2. The minimum absolute atomic E-state index is 0.183. The average molecular weight is 448 g/mol. The monoisotopic (exact) mass is 448 g/mol. The molecule has 11 nitrogen and oxygen atoms in total. The van der Waals surface area contributed by atoms with Crippen LogP contribution in [0, 0.1) is 20.2 Å². The van der Waals surface area contributed by atoms with Crippen molar-refractivity contribution < 1.29 is 14.6 Å². The Morgan fingerprint density at radius 3 is 2.00 bits per heavy atom. The molecule has 0 atom stereocenters. The second kappa shape index (κ2) is 9.30. The normalized spacial score (nSPS) is 13.5. The average Bonchev–Trinajstić information content (AvgIpc) is 2.85. The number of carbonyl (C=O) groups is 1. The molecule has 0 unspecified atom stereocenters. The van der Waals surface area contributed by atoms with Gasteiger partial charge in [-0.05, 0) is 24.3 Å². The lowest BCUT2D eigenvalue weighted by Crippen LogP contribution is -2.46. The van der Waals surface area contributed by atoms with Crippen LogP contribution in [0.4, 0.5) is 28.6 Å². The Labute approximate surface area is 188 Å². The number of nitro benzene ring substituents is 2. The van der Waals surface area contributed by atoms with Crippen LogP contribution in [0.15, 0.2) is 66.9 Å². The molecule has 0 aliphatic carbocycles. The molecule has 33 heavy (non-hydrogen) atoms. The van der Waals surface area contributed by atoms with E-state index in [1.165, 1.54) is 11.9 Å². The van der Waals surface area contributed by atoms with Crippen molar-refractivity contribution in [1.29, 1.82) is 0 Å². The van der Waals surface area contributed by atoms with Gasteiger partial charge in [0, 0.05) is 44.0 Å². The number of carbonyl (C=O) groups excluding carboxylic acids is 1. The van der Waals surface area contributed by atoms with Gasteiger partial charge in [-0.15, -0.1) is 0 Å². The van der Waals surface area contributed by atoms with E-state index in [2.05, 4.69) is 32.2 Å². The largest absolute Gasteiger partial charge is 0.368 e. The van der Waals surface area contributed by atoms with E-state index < -0.39 is 27.1 Å². The van der Waals surface area contributed by atoms with Gasteiger partial charge in [0.05, 0.1) is 33.4 Å². The summed E-state index contributed by atoms with van der Waals surface area (Å²) < 4.78 is 0. The lowest BCUT2D eigenvalue weighted by Gasteiger charge is -2.36. The van der Waals surface area contributed by atoms with Crippen molar-refractivity contribution >= 4 is 34.5 Å². The molecule has 0 saturated carbocycles. The summed E-state index contributed by atoms with van der Waals surface area (Å²) in [5.41, 5.74) is 0.317. The quantitative estimate of drug-likeness (QED) is 0.447. The number of pyridine rings is 1. The molecule has 2 aromatic carbocycles. The second-order valence-corrected chi connectivity index (χ2v) is 7.42. The molecule has 1 aliphatic rings. The standard InChI is InChI=1S/C22H20N6O5/c29-22(16-12-19(27(30)31)14-20(13-16)28(32)33)24-17-6-7-21(23-15-17)26-10-8-25(9-11-26)18-4-2-1-3-5-18/h1-7,12-15H,8-11H2,(H,24,29). The van der Waals surface area contributed by atoms with E-state index in [9.17, 15) is 25.0 Å². The van der Waals surface area contributed by atoms with Crippen molar-refractivity contribution in [3.63, 3.8) is 0 Å². The summed E-state index contributed by atoms with van der Waals surface area (Å²) in [5.74, 6) is 0.0690. The smallest absolute Gasteiger partial charge is 0.277 e. The first-order chi connectivity index (χ1) is 15.9. The molecule has 1 saturated heterocycles. The van der Waals surface area contributed by atoms with Crippen molar-refractivity contribution in [1.82, 2.24) is 4.98 Å². The van der Waals surface area contributed by atoms with Gasteiger partial charge in [0.2, 0.25) is 0 Å². The van der Waals surface area contributed by atoms with Gasteiger partial charge in [0.25, 0.3) is 17.3 Å². The Bertz CT molecular complexity index is 1150. The maximum atomic E-state index is 12.5. The highest BCUT2D eigenvalue weighted by Crippen LogP contribution is 2.24. The Hall–Kier alpha value is -4.54. The minimum atomic E-state index is -0.780. The Morgan fingerprint density at radius 2 is 1.45 bits per heavy atom. The van der Waals surface area contributed by atoms with Crippen LogP contribution in [0.3, 0.4) is 0 Å². The van der Waals surface area contributed by atoms with Crippen LogP contribution in [-0.2, 0) is 0 Å². The number of amides is 1. The SMILES string of the molecule is O=C(Nc1ccc(N2CCN(c3ccccc3)CC2)nc1)c1cc([N+](=O)[O-])cc([N+](=O)[O-])c1. The van der Waals surface area contributed by atoms with Crippen molar-refractivity contribution in [2.75, 3.05) is 41.3 Å². The molecule has 0 spiro atoms. The number of rotatable bonds is 6. The second-order valence-electron chi connectivity index (χ2n) is 7.42. The molecule has 0 radical (unpaired) electrons. The highest BCUT2D eigenvalue weighted by Gasteiger charge is 2.21. The number of piperazine rings is 1. The van der Waals surface area contributed by atoms with Crippen LogP contribution in [0.1, 0.15) is 10.4 Å². The number of para-hydroxylation sites is 1. The molecule has 0 bridgehead atoms. The first-order valence-electron chi connectivity index (χ1n) is 10.2. The van der Waals surface area contributed by atoms with Gasteiger partial charge in [-0.3, -0.25) is 25.0 Å². The minimum Gasteiger partial charge on any atom is -0.368 e. The van der Waals surface area contributed by atoms with E-state index in [4.69, 9.17) is 0 Å². The number of hydrogen-bond donors (Lipinski definition) is 1. The van der Waals surface area contributed by atoms with Gasteiger partial charge in [-0.25, -0.2) is 4.98 Å². The van der Waals surface area contributed by atoms with E-state index in [-0.39, 0.29) is 5.56 Å². The Kier molecular flexibility index (Phi) is 6.11. The zero-order valence-corrected chi connectivity index (χ0v) is 17.5. The predicted molar refractivity (Wildman–Crippen MR) is 123 cm³/mol. The van der Waals surface area contributed by atoms with Crippen LogP contribution < -0.4 is 15.1 Å². The van der Waals surface area contributed by atoms with Gasteiger partial charge < -0.3 is 15.1 Å². The summed E-state index contributed by atoms with van der Waals surface area (Å²) >= 11 is 0. The third-order valence-electron chi connectivity index (χ3n) is 5.32. The van der Waals surface area contributed by atoms with Gasteiger partial charge in [-0.1, -0.05) is 18.2 Å². The predicted octanol–water partition coefficient (Wildman–Crippen LogP) is 3.48. The van der Waals surface area contributed by atoms with Crippen LogP contribution in [-0.4, -0.2) is 46.9 Å². The van der Waals surface area contributed by atoms with E-state index in [1.807, 2.05) is 18.2 Å². The molecule has 168 valence electrons. The molecule has 2 heterocycles. The number of nitrogens with one attached hydrogen (secondary N) is 1.